The van der Waals surface area contributed by atoms with Crippen molar-refractivity contribution >= 4 is 98.7 Å². The van der Waals surface area contributed by atoms with Crippen molar-refractivity contribution in [2.45, 2.75) is 21.6 Å². The molecule has 56 heavy (non-hydrogen) atoms. The Morgan fingerprint density at radius 1 is 0.625 bits per heavy atom. The Kier molecular flexibility index (Phi) is 11.1. The van der Waals surface area contributed by atoms with E-state index < -0.39 is 40.1 Å². The highest BCUT2D eigenvalue weighted by molar-refractivity contribution is 7.86. The number of halogens is 1. The number of fused-ring (bicyclic) bond motifs is 1. The molecule has 1 aromatic heterocycles. The van der Waals surface area contributed by atoms with Gasteiger partial charge in [0, 0.05) is 22.5 Å². The lowest BCUT2D eigenvalue weighted by atomic mass is 10.1. The van der Waals surface area contributed by atoms with E-state index in [0.29, 0.717) is 34.1 Å². The summed E-state index contributed by atoms with van der Waals surface area (Å²) in [7, 11) is -12.6. The molecule has 0 unspecified atom stereocenters. The molecule has 23 heteroatoms. The van der Waals surface area contributed by atoms with Crippen LogP contribution in [0, 0.1) is 6.92 Å². The summed E-state index contributed by atoms with van der Waals surface area (Å²) in [5, 5.41) is 21.9. The van der Waals surface area contributed by atoms with Crippen molar-refractivity contribution in [3.63, 3.8) is 0 Å². The predicted octanol–water partition coefficient (Wildman–Crippen LogP) is 8.05. The largest absolute Gasteiger partial charge is 0.494 e. The first kappa shape index (κ1) is 39.7. The molecular weight excluding hydrogens is 814 g/mol. The number of rotatable bonds is 12. The molecule has 0 aliphatic rings. The highest BCUT2D eigenvalue weighted by Gasteiger charge is 2.21. The standard InChI is InChI=1S/C33H26ClN9O10S3/c1-18-13-19(9-11-26(18)43-42-22-15-25-24(30(17-22)56(50,51)52)7-4-8-29(25)55(47,48)49)35-32-37-31(34)38-33(39-32)36-27-12-10-21(16-28(27)53-2)41-40-20-5-3-6-23(14-20)54(44,45)46/h3-17H,1-2H3,(H,44,45,46)(H,47,48,49)(H,50,51,52)(H2,35,36,37,38,39). The van der Waals surface area contributed by atoms with Gasteiger partial charge in [-0.1, -0.05) is 18.2 Å². The maximum absolute atomic E-state index is 12.2. The maximum Gasteiger partial charge on any atom is 0.295 e. The molecule has 0 radical (unpaired) electrons. The number of aryl methyl sites for hydroxylation is 1. The highest BCUT2D eigenvalue weighted by atomic mass is 35.5. The average molecular weight is 840 g/mol. The Bertz CT molecular complexity index is 2930. The van der Waals surface area contributed by atoms with Gasteiger partial charge in [-0.25, -0.2) is 0 Å². The molecule has 19 nitrogen and oxygen atoms in total. The zero-order chi connectivity index (χ0) is 40.4. The number of azo groups is 2. The molecule has 0 aliphatic carbocycles. The van der Waals surface area contributed by atoms with Crippen LogP contribution >= 0.6 is 11.6 Å². The molecule has 0 spiro atoms. The van der Waals surface area contributed by atoms with Crippen LogP contribution in [0.4, 0.5) is 46.0 Å². The van der Waals surface area contributed by atoms with Crippen LogP contribution < -0.4 is 15.4 Å². The first-order chi connectivity index (χ1) is 26.4. The summed E-state index contributed by atoms with van der Waals surface area (Å²) in [5.74, 6) is 0.416. The Balaban J connectivity index is 1.20. The van der Waals surface area contributed by atoms with Crippen molar-refractivity contribution in [2.75, 3.05) is 17.7 Å². The minimum atomic E-state index is -4.84. The molecule has 0 amide bonds. The first-order valence-electron chi connectivity index (χ1n) is 15.5. The van der Waals surface area contributed by atoms with Crippen LogP contribution in [-0.2, 0) is 30.4 Å². The summed E-state index contributed by atoms with van der Waals surface area (Å²) in [5.41, 5.74) is 2.26. The van der Waals surface area contributed by atoms with E-state index in [1.165, 1.54) is 43.5 Å². The van der Waals surface area contributed by atoms with Crippen molar-refractivity contribution in [3.8, 4) is 5.75 Å². The van der Waals surface area contributed by atoms with Crippen molar-refractivity contribution < 1.29 is 43.6 Å². The SMILES string of the molecule is COc1cc(N=Nc2cccc(S(=O)(=O)O)c2)ccc1Nc1nc(Cl)nc(Nc2ccc(N=Nc3cc(S(=O)(=O)O)c4cccc(S(=O)(=O)O)c4c3)c(C)c2)n1. The number of nitrogens with zero attached hydrogens (tertiary/aromatic N) is 7. The molecule has 5 aromatic carbocycles. The van der Waals surface area contributed by atoms with Crippen LogP contribution in [0.25, 0.3) is 10.8 Å². The zero-order valence-corrected chi connectivity index (χ0v) is 31.8. The third-order valence-corrected chi connectivity index (χ3v) is 10.4. The van der Waals surface area contributed by atoms with Gasteiger partial charge in [-0.15, -0.1) is 0 Å². The Hall–Kier alpha value is -6.01. The molecule has 5 N–H and O–H groups in total. The number of benzene rings is 5. The Morgan fingerprint density at radius 3 is 1.95 bits per heavy atom. The van der Waals surface area contributed by atoms with Gasteiger partial charge in [-0.2, -0.15) is 60.7 Å². The number of ether oxygens (including phenoxy) is 1. The second-order valence-corrected chi connectivity index (χ2v) is 16.0. The first-order valence-corrected chi connectivity index (χ1v) is 20.2. The summed E-state index contributed by atoms with van der Waals surface area (Å²) in [6.07, 6.45) is 0. The van der Waals surface area contributed by atoms with Crippen LogP contribution in [0.5, 0.6) is 5.75 Å². The number of hydrogen-bond donors (Lipinski definition) is 5. The van der Waals surface area contributed by atoms with E-state index in [2.05, 4.69) is 46.0 Å². The van der Waals surface area contributed by atoms with Gasteiger partial charge in [0.1, 0.15) is 15.5 Å². The van der Waals surface area contributed by atoms with E-state index in [0.717, 1.165) is 18.2 Å². The smallest absolute Gasteiger partial charge is 0.295 e. The van der Waals surface area contributed by atoms with Gasteiger partial charge in [0.2, 0.25) is 17.2 Å². The zero-order valence-electron chi connectivity index (χ0n) is 28.6. The summed E-state index contributed by atoms with van der Waals surface area (Å²) < 4.78 is 105. The molecule has 0 fully saturated rings. The van der Waals surface area contributed by atoms with Gasteiger partial charge < -0.3 is 15.4 Å². The number of nitrogens with one attached hydrogen (secondary N) is 2. The van der Waals surface area contributed by atoms with E-state index >= 15 is 0 Å². The fourth-order valence-corrected chi connectivity index (χ4v) is 7.24. The van der Waals surface area contributed by atoms with E-state index in [-0.39, 0.29) is 44.2 Å². The van der Waals surface area contributed by atoms with E-state index in [1.54, 1.807) is 43.3 Å². The second-order valence-electron chi connectivity index (χ2n) is 11.5. The van der Waals surface area contributed by atoms with Gasteiger partial charge >= 0.3 is 0 Å². The van der Waals surface area contributed by atoms with Gasteiger partial charge in [0.15, 0.2) is 0 Å². The number of aromatic nitrogens is 3. The molecule has 1 heterocycles. The van der Waals surface area contributed by atoms with Crippen molar-refractivity contribution in [1.29, 1.82) is 0 Å². The summed E-state index contributed by atoms with van der Waals surface area (Å²) in [6.45, 7) is 1.71. The van der Waals surface area contributed by atoms with Gasteiger partial charge in [-0.3, -0.25) is 13.7 Å². The summed E-state index contributed by atoms with van der Waals surface area (Å²) in [4.78, 5) is 11.1. The van der Waals surface area contributed by atoms with Crippen molar-refractivity contribution in [2.24, 2.45) is 20.5 Å². The number of hydrogen-bond acceptors (Lipinski definition) is 16. The molecule has 6 aromatic rings. The molecule has 0 aliphatic heterocycles. The average Bonchev–Trinajstić information content (AvgIpc) is 3.12. The molecular formula is C33H26ClN9O10S3. The lowest BCUT2D eigenvalue weighted by molar-refractivity contribution is 0.417. The quantitative estimate of drug-likeness (QED) is 0.0575. The molecule has 0 saturated heterocycles. The van der Waals surface area contributed by atoms with Crippen molar-refractivity contribution in [3.05, 3.63) is 102 Å². The molecule has 0 bridgehead atoms. The van der Waals surface area contributed by atoms with Gasteiger partial charge in [0.05, 0.1) is 40.4 Å². The Morgan fingerprint density at radius 2 is 1.29 bits per heavy atom. The topological polar surface area (TPSA) is 285 Å². The number of methoxy groups -OCH3 is 1. The molecule has 0 saturated carbocycles. The Labute approximate surface area is 323 Å². The van der Waals surface area contributed by atoms with Crippen LogP contribution in [-0.4, -0.2) is 61.0 Å². The second kappa shape index (κ2) is 15.6. The van der Waals surface area contributed by atoms with Crippen molar-refractivity contribution in [1.82, 2.24) is 15.0 Å². The lowest BCUT2D eigenvalue weighted by Crippen LogP contribution is -2.04. The minimum Gasteiger partial charge on any atom is -0.494 e. The molecule has 0 atom stereocenters. The fourth-order valence-electron chi connectivity index (χ4n) is 5.14. The maximum atomic E-state index is 12.2. The number of anilines is 4. The van der Waals surface area contributed by atoms with Gasteiger partial charge in [-0.05, 0) is 90.8 Å². The molecule has 6 rings (SSSR count). The van der Waals surface area contributed by atoms with Crippen LogP contribution in [0.3, 0.4) is 0 Å². The monoisotopic (exact) mass is 839 g/mol. The van der Waals surface area contributed by atoms with E-state index in [4.69, 9.17) is 16.3 Å². The molecule has 288 valence electrons. The van der Waals surface area contributed by atoms with Gasteiger partial charge in [0.25, 0.3) is 30.4 Å². The van der Waals surface area contributed by atoms with Crippen LogP contribution in [0.15, 0.2) is 126 Å². The van der Waals surface area contributed by atoms with Crippen LogP contribution in [0.2, 0.25) is 5.28 Å². The third kappa shape index (κ3) is 9.43. The minimum absolute atomic E-state index is 0.0427. The fraction of sp³-hybridized carbons (Fsp3) is 0.0606. The summed E-state index contributed by atoms with van der Waals surface area (Å²) >= 11 is 6.20. The lowest BCUT2D eigenvalue weighted by Gasteiger charge is -2.12. The highest BCUT2D eigenvalue weighted by Crippen LogP contribution is 2.35. The summed E-state index contributed by atoms with van der Waals surface area (Å²) in [6, 6.07) is 20.7. The predicted molar refractivity (Wildman–Crippen MR) is 204 cm³/mol. The van der Waals surface area contributed by atoms with E-state index in [9.17, 15) is 38.9 Å². The van der Waals surface area contributed by atoms with Crippen LogP contribution in [0.1, 0.15) is 5.56 Å². The normalized spacial score (nSPS) is 12.4. The third-order valence-electron chi connectivity index (χ3n) is 7.62. The van der Waals surface area contributed by atoms with E-state index in [1.807, 2.05) is 0 Å².